The lowest BCUT2D eigenvalue weighted by Gasteiger charge is -2.10. The van der Waals surface area contributed by atoms with Crippen LogP contribution >= 0.6 is 0 Å². The van der Waals surface area contributed by atoms with Crippen LogP contribution in [0.5, 0.6) is 5.75 Å². The average molecular weight is 274 g/mol. The van der Waals surface area contributed by atoms with Crippen LogP contribution in [0.3, 0.4) is 0 Å². The van der Waals surface area contributed by atoms with E-state index in [9.17, 15) is 9.18 Å². The fourth-order valence-electron chi connectivity index (χ4n) is 1.84. The summed E-state index contributed by atoms with van der Waals surface area (Å²) in [7, 11) is 3.12. The molecule has 0 saturated carbocycles. The summed E-state index contributed by atoms with van der Waals surface area (Å²) in [4.78, 5) is 12.2. The highest BCUT2D eigenvalue weighted by Crippen LogP contribution is 2.22. The largest absolute Gasteiger partial charge is 0.494 e. The Labute approximate surface area is 116 Å². The topological polar surface area (TPSA) is 50.4 Å². The Kier molecular flexibility index (Phi) is 4.20. The second-order valence-electron chi connectivity index (χ2n) is 4.10. The molecule has 0 fully saturated rings. The smallest absolute Gasteiger partial charge is 0.257 e. The molecule has 5 heteroatoms. The minimum atomic E-state index is -0.521. The van der Waals surface area contributed by atoms with E-state index in [2.05, 4.69) is 10.6 Å². The fourth-order valence-corrected chi connectivity index (χ4v) is 1.84. The fraction of sp³-hybridized carbons (Fsp3) is 0.133. The quantitative estimate of drug-likeness (QED) is 0.900. The molecule has 2 aromatic rings. The predicted octanol–water partition coefficient (Wildman–Crippen LogP) is 3.13. The lowest BCUT2D eigenvalue weighted by molar-refractivity contribution is 0.102. The number of para-hydroxylation sites is 1. The van der Waals surface area contributed by atoms with Crippen LogP contribution < -0.4 is 15.4 Å². The first-order chi connectivity index (χ1) is 9.65. The number of nitrogens with one attached hydrogen (secondary N) is 2. The first kappa shape index (κ1) is 13.9. The van der Waals surface area contributed by atoms with E-state index in [1.54, 1.807) is 31.3 Å². The molecule has 4 nitrogen and oxygen atoms in total. The SMILES string of the molecule is CNc1ccccc1C(=O)Nc1ccc(OC)c(F)c1. The van der Waals surface area contributed by atoms with E-state index in [4.69, 9.17) is 4.74 Å². The van der Waals surface area contributed by atoms with Crippen molar-refractivity contribution in [1.29, 1.82) is 0 Å². The van der Waals surface area contributed by atoms with Crippen molar-refractivity contribution in [1.82, 2.24) is 0 Å². The van der Waals surface area contributed by atoms with Gasteiger partial charge in [0.2, 0.25) is 0 Å². The van der Waals surface area contributed by atoms with E-state index in [1.165, 1.54) is 19.2 Å². The van der Waals surface area contributed by atoms with Crippen LogP contribution in [0.25, 0.3) is 0 Å². The maximum absolute atomic E-state index is 13.6. The van der Waals surface area contributed by atoms with Crippen molar-refractivity contribution >= 4 is 17.3 Å². The van der Waals surface area contributed by atoms with Crippen molar-refractivity contribution in [2.24, 2.45) is 0 Å². The zero-order valence-electron chi connectivity index (χ0n) is 11.2. The number of rotatable bonds is 4. The van der Waals surface area contributed by atoms with Crippen molar-refractivity contribution in [3.8, 4) is 5.75 Å². The molecule has 0 unspecified atom stereocenters. The highest BCUT2D eigenvalue weighted by Gasteiger charge is 2.11. The Hall–Kier alpha value is -2.56. The van der Waals surface area contributed by atoms with Gasteiger partial charge in [-0.15, -0.1) is 0 Å². The summed E-state index contributed by atoms with van der Waals surface area (Å²) in [6.07, 6.45) is 0. The molecule has 1 amide bonds. The molecule has 0 heterocycles. The van der Waals surface area contributed by atoms with Gasteiger partial charge in [0, 0.05) is 24.5 Å². The van der Waals surface area contributed by atoms with Gasteiger partial charge in [-0.1, -0.05) is 12.1 Å². The number of hydrogen-bond donors (Lipinski definition) is 2. The van der Waals surface area contributed by atoms with E-state index in [0.717, 1.165) is 0 Å². The van der Waals surface area contributed by atoms with Gasteiger partial charge in [-0.05, 0) is 24.3 Å². The molecule has 2 rings (SSSR count). The van der Waals surface area contributed by atoms with E-state index < -0.39 is 5.82 Å². The van der Waals surface area contributed by atoms with Crippen molar-refractivity contribution in [3.05, 3.63) is 53.8 Å². The van der Waals surface area contributed by atoms with Crippen molar-refractivity contribution in [2.45, 2.75) is 0 Å². The molecule has 0 atom stereocenters. The summed E-state index contributed by atoms with van der Waals surface area (Å²) in [5, 5.41) is 5.59. The van der Waals surface area contributed by atoms with Gasteiger partial charge in [-0.25, -0.2) is 4.39 Å². The number of benzene rings is 2. The van der Waals surface area contributed by atoms with Gasteiger partial charge in [0.1, 0.15) is 0 Å². The van der Waals surface area contributed by atoms with E-state index in [-0.39, 0.29) is 11.7 Å². The van der Waals surface area contributed by atoms with Crippen LogP contribution in [-0.2, 0) is 0 Å². The summed E-state index contributed by atoms with van der Waals surface area (Å²) in [6.45, 7) is 0. The molecule has 104 valence electrons. The van der Waals surface area contributed by atoms with Gasteiger partial charge in [-0.2, -0.15) is 0 Å². The van der Waals surface area contributed by atoms with E-state index >= 15 is 0 Å². The zero-order valence-corrected chi connectivity index (χ0v) is 11.2. The number of ether oxygens (including phenoxy) is 1. The number of anilines is 2. The van der Waals surface area contributed by atoms with Gasteiger partial charge in [0.15, 0.2) is 11.6 Å². The monoisotopic (exact) mass is 274 g/mol. The predicted molar refractivity (Wildman–Crippen MR) is 76.9 cm³/mol. The van der Waals surface area contributed by atoms with Crippen LogP contribution in [-0.4, -0.2) is 20.1 Å². The summed E-state index contributed by atoms with van der Waals surface area (Å²) < 4.78 is 18.4. The van der Waals surface area contributed by atoms with Crippen molar-refractivity contribution in [2.75, 3.05) is 24.8 Å². The van der Waals surface area contributed by atoms with E-state index in [1.807, 2.05) is 6.07 Å². The Balaban J connectivity index is 2.21. The minimum absolute atomic E-state index is 0.138. The molecule has 0 aliphatic rings. The number of carbonyl (C=O) groups excluding carboxylic acids is 1. The Morgan fingerprint density at radius 3 is 2.60 bits per heavy atom. The molecule has 0 radical (unpaired) electrons. The maximum Gasteiger partial charge on any atom is 0.257 e. The van der Waals surface area contributed by atoms with E-state index in [0.29, 0.717) is 16.9 Å². The molecule has 0 aliphatic carbocycles. The number of halogens is 1. The van der Waals surface area contributed by atoms with Crippen molar-refractivity contribution in [3.63, 3.8) is 0 Å². The van der Waals surface area contributed by atoms with Crippen LogP contribution in [0.2, 0.25) is 0 Å². The first-order valence-corrected chi connectivity index (χ1v) is 6.07. The van der Waals surface area contributed by atoms with Crippen LogP contribution in [0.1, 0.15) is 10.4 Å². The second-order valence-corrected chi connectivity index (χ2v) is 4.10. The number of carbonyl (C=O) groups is 1. The zero-order chi connectivity index (χ0) is 14.5. The lowest BCUT2D eigenvalue weighted by atomic mass is 10.1. The number of methoxy groups -OCH3 is 1. The molecular weight excluding hydrogens is 259 g/mol. The first-order valence-electron chi connectivity index (χ1n) is 6.07. The molecule has 0 saturated heterocycles. The third kappa shape index (κ3) is 2.88. The molecular formula is C15H15FN2O2. The Morgan fingerprint density at radius 1 is 1.20 bits per heavy atom. The molecule has 0 spiro atoms. The highest BCUT2D eigenvalue weighted by atomic mass is 19.1. The molecule has 0 bridgehead atoms. The Morgan fingerprint density at radius 2 is 1.95 bits per heavy atom. The summed E-state index contributed by atoms with van der Waals surface area (Å²) in [6, 6.07) is 11.4. The van der Waals surface area contributed by atoms with Gasteiger partial charge >= 0.3 is 0 Å². The average Bonchev–Trinajstić information content (AvgIpc) is 2.47. The van der Waals surface area contributed by atoms with Gasteiger partial charge in [0.05, 0.1) is 12.7 Å². The standard InChI is InChI=1S/C15H15FN2O2/c1-17-13-6-4-3-5-11(13)15(19)18-10-7-8-14(20-2)12(16)9-10/h3-9,17H,1-2H3,(H,18,19). The third-order valence-electron chi connectivity index (χ3n) is 2.85. The summed E-state index contributed by atoms with van der Waals surface area (Å²) in [5.74, 6) is -0.689. The molecule has 0 aromatic heterocycles. The van der Waals surface area contributed by atoms with Crippen LogP contribution in [0.15, 0.2) is 42.5 Å². The molecule has 0 aliphatic heterocycles. The summed E-state index contributed by atoms with van der Waals surface area (Å²) in [5.41, 5.74) is 1.57. The number of hydrogen-bond acceptors (Lipinski definition) is 3. The Bertz CT molecular complexity index is 629. The van der Waals surface area contributed by atoms with Gasteiger partial charge in [0.25, 0.3) is 5.91 Å². The minimum Gasteiger partial charge on any atom is -0.494 e. The highest BCUT2D eigenvalue weighted by molar-refractivity contribution is 6.08. The molecule has 20 heavy (non-hydrogen) atoms. The third-order valence-corrected chi connectivity index (χ3v) is 2.85. The number of amides is 1. The van der Waals surface area contributed by atoms with Crippen LogP contribution in [0.4, 0.5) is 15.8 Å². The van der Waals surface area contributed by atoms with Crippen molar-refractivity contribution < 1.29 is 13.9 Å². The molecule has 2 N–H and O–H groups in total. The lowest BCUT2D eigenvalue weighted by Crippen LogP contribution is -2.14. The maximum atomic E-state index is 13.6. The van der Waals surface area contributed by atoms with Gasteiger partial charge in [-0.3, -0.25) is 4.79 Å². The van der Waals surface area contributed by atoms with Gasteiger partial charge < -0.3 is 15.4 Å². The summed E-state index contributed by atoms with van der Waals surface area (Å²) >= 11 is 0. The van der Waals surface area contributed by atoms with Crippen LogP contribution in [0, 0.1) is 5.82 Å². The molecule has 2 aromatic carbocycles. The normalized spacial score (nSPS) is 9.95. The second kappa shape index (κ2) is 6.06.